The van der Waals surface area contributed by atoms with Gasteiger partial charge in [-0.3, -0.25) is 9.48 Å². The van der Waals surface area contributed by atoms with Crippen LogP contribution in [-0.4, -0.2) is 25.5 Å². The van der Waals surface area contributed by atoms with Gasteiger partial charge < -0.3 is 10.1 Å². The Bertz CT molecular complexity index is 858. The second-order valence-corrected chi connectivity index (χ2v) is 5.67. The van der Waals surface area contributed by atoms with Crippen LogP contribution in [0.5, 0.6) is 5.75 Å². The Balaban J connectivity index is 1.55. The fourth-order valence-corrected chi connectivity index (χ4v) is 2.50. The summed E-state index contributed by atoms with van der Waals surface area (Å²) in [6, 6.07) is 10.7. The van der Waals surface area contributed by atoms with Gasteiger partial charge in [0.25, 0.3) is 5.91 Å². The minimum absolute atomic E-state index is 0.166. The van der Waals surface area contributed by atoms with Gasteiger partial charge in [-0.15, -0.1) is 0 Å². The Morgan fingerprint density at radius 2 is 2.12 bits per heavy atom. The SMILES string of the molecule is CCn1nccc1CNC(=O)c1ccn(COc2ccccc2Cl)n1. The second-order valence-electron chi connectivity index (χ2n) is 5.27. The molecule has 0 radical (unpaired) electrons. The van der Waals surface area contributed by atoms with E-state index in [1.54, 1.807) is 30.6 Å². The van der Waals surface area contributed by atoms with E-state index in [1.165, 1.54) is 4.68 Å². The molecule has 0 bridgehead atoms. The third-order valence-electron chi connectivity index (χ3n) is 3.60. The van der Waals surface area contributed by atoms with Crippen molar-refractivity contribution >= 4 is 17.5 Å². The molecule has 130 valence electrons. The monoisotopic (exact) mass is 359 g/mol. The largest absolute Gasteiger partial charge is 0.470 e. The van der Waals surface area contributed by atoms with Crippen molar-refractivity contribution in [3.8, 4) is 5.75 Å². The maximum Gasteiger partial charge on any atom is 0.272 e. The summed E-state index contributed by atoms with van der Waals surface area (Å²) in [5, 5.41) is 11.7. The Morgan fingerprint density at radius 3 is 2.92 bits per heavy atom. The van der Waals surface area contributed by atoms with Crippen molar-refractivity contribution in [1.29, 1.82) is 0 Å². The number of carbonyl (C=O) groups excluding carboxylic acids is 1. The van der Waals surface area contributed by atoms with Crippen molar-refractivity contribution in [2.45, 2.75) is 26.7 Å². The van der Waals surface area contributed by atoms with E-state index >= 15 is 0 Å². The molecule has 25 heavy (non-hydrogen) atoms. The third-order valence-corrected chi connectivity index (χ3v) is 3.91. The Kier molecular flexibility index (Phi) is 5.35. The molecule has 8 heteroatoms. The highest BCUT2D eigenvalue weighted by atomic mass is 35.5. The lowest BCUT2D eigenvalue weighted by Gasteiger charge is -2.07. The first-order valence-electron chi connectivity index (χ1n) is 7.87. The number of hydrogen-bond donors (Lipinski definition) is 1. The van der Waals surface area contributed by atoms with Crippen molar-refractivity contribution < 1.29 is 9.53 Å². The predicted molar refractivity (Wildman–Crippen MR) is 93.4 cm³/mol. The van der Waals surface area contributed by atoms with Gasteiger partial charge in [0.2, 0.25) is 0 Å². The van der Waals surface area contributed by atoms with Gasteiger partial charge in [0.1, 0.15) is 11.4 Å². The van der Waals surface area contributed by atoms with Gasteiger partial charge in [0.15, 0.2) is 6.73 Å². The number of nitrogens with one attached hydrogen (secondary N) is 1. The van der Waals surface area contributed by atoms with E-state index in [9.17, 15) is 4.79 Å². The predicted octanol–water partition coefficient (Wildman–Crippen LogP) is 2.72. The van der Waals surface area contributed by atoms with E-state index in [-0.39, 0.29) is 12.6 Å². The van der Waals surface area contributed by atoms with Gasteiger partial charge in [-0.1, -0.05) is 23.7 Å². The molecule has 1 amide bonds. The molecule has 0 saturated heterocycles. The van der Waals surface area contributed by atoms with Gasteiger partial charge in [0, 0.05) is 18.9 Å². The number of para-hydroxylation sites is 1. The lowest BCUT2D eigenvalue weighted by molar-refractivity contribution is 0.0943. The van der Waals surface area contributed by atoms with Crippen LogP contribution in [0.1, 0.15) is 23.1 Å². The summed E-state index contributed by atoms with van der Waals surface area (Å²) in [6.45, 7) is 3.32. The van der Waals surface area contributed by atoms with Crippen LogP contribution in [-0.2, 0) is 19.8 Å². The van der Waals surface area contributed by atoms with Crippen molar-refractivity contribution in [1.82, 2.24) is 24.9 Å². The molecule has 0 spiro atoms. The quantitative estimate of drug-likeness (QED) is 0.704. The van der Waals surface area contributed by atoms with Crippen LogP contribution in [0.15, 0.2) is 48.8 Å². The molecule has 0 aliphatic heterocycles. The van der Waals surface area contributed by atoms with Crippen LogP contribution in [0, 0.1) is 0 Å². The van der Waals surface area contributed by atoms with Crippen LogP contribution in [0.3, 0.4) is 0 Å². The van der Waals surface area contributed by atoms with Gasteiger partial charge >= 0.3 is 0 Å². The van der Waals surface area contributed by atoms with Crippen molar-refractivity contribution in [3.05, 3.63) is 65.2 Å². The van der Waals surface area contributed by atoms with E-state index in [4.69, 9.17) is 16.3 Å². The number of hydrogen-bond acceptors (Lipinski definition) is 4. The molecule has 0 aliphatic carbocycles. The van der Waals surface area contributed by atoms with Gasteiger partial charge in [0.05, 0.1) is 17.3 Å². The standard InChI is InChI=1S/C17H18ClN5O2/c1-2-23-13(7-9-20-23)11-19-17(24)15-8-10-22(21-15)12-25-16-6-4-3-5-14(16)18/h3-10H,2,11-12H2,1H3,(H,19,24). The minimum Gasteiger partial charge on any atom is -0.470 e. The molecule has 2 heterocycles. The van der Waals surface area contributed by atoms with E-state index in [1.807, 2.05) is 29.8 Å². The molecule has 0 fully saturated rings. The van der Waals surface area contributed by atoms with E-state index in [0.29, 0.717) is 23.0 Å². The molecule has 0 unspecified atom stereocenters. The van der Waals surface area contributed by atoms with Crippen LogP contribution in [0.4, 0.5) is 0 Å². The lowest BCUT2D eigenvalue weighted by Crippen LogP contribution is -2.25. The summed E-state index contributed by atoms with van der Waals surface area (Å²) in [5.74, 6) is 0.318. The molecule has 2 aromatic heterocycles. The zero-order valence-corrected chi connectivity index (χ0v) is 14.5. The number of aromatic nitrogens is 4. The number of ether oxygens (including phenoxy) is 1. The van der Waals surface area contributed by atoms with Crippen molar-refractivity contribution in [2.75, 3.05) is 0 Å². The van der Waals surface area contributed by atoms with Crippen LogP contribution in [0.2, 0.25) is 5.02 Å². The number of amides is 1. The second kappa shape index (κ2) is 7.85. The molecule has 0 aliphatic rings. The first-order valence-corrected chi connectivity index (χ1v) is 8.25. The summed E-state index contributed by atoms with van der Waals surface area (Å²) >= 11 is 6.04. The van der Waals surface area contributed by atoms with Crippen LogP contribution >= 0.6 is 11.6 Å². The van der Waals surface area contributed by atoms with Gasteiger partial charge in [-0.25, -0.2) is 4.68 Å². The first-order chi connectivity index (χ1) is 12.2. The normalized spacial score (nSPS) is 10.6. The maximum absolute atomic E-state index is 12.2. The number of halogens is 1. The Morgan fingerprint density at radius 1 is 1.28 bits per heavy atom. The lowest BCUT2D eigenvalue weighted by atomic mass is 10.3. The molecule has 3 aromatic rings. The number of benzene rings is 1. The highest BCUT2D eigenvalue weighted by molar-refractivity contribution is 6.32. The fourth-order valence-electron chi connectivity index (χ4n) is 2.31. The van der Waals surface area contributed by atoms with E-state index < -0.39 is 0 Å². The number of carbonyl (C=O) groups is 1. The molecule has 0 atom stereocenters. The Hall–Kier alpha value is -2.80. The minimum atomic E-state index is -0.250. The van der Waals surface area contributed by atoms with Crippen molar-refractivity contribution in [2.24, 2.45) is 0 Å². The molecule has 7 nitrogen and oxygen atoms in total. The molecule has 1 aromatic carbocycles. The fraction of sp³-hybridized carbons (Fsp3) is 0.235. The van der Waals surface area contributed by atoms with Gasteiger partial charge in [-0.2, -0.15) is 10.2 Å². The highest BCUT2D eigenvalue weighted by Crippen LogP contribution is 2.23. The van der Waals surface area contributed by atoms with Crippen molar-refractivity contribution in [3.63, 3.8) is 0 Å². The molecular weight excluding hydrogens is 342 g/mol. The number of aryl methyl sites for hydroxylation is 1. The summed E-state index contributed by atoms with van der Waals surface area (Å²) in [5.41, 5.74) is 1.27. The summed E-state index contributed by atoms with van der Waals surface area (Å²) in [7, 11) is 0. The highest BCUT2D eigenvalue weighted by Gasteiger charge is 2.11. The molecule has 0 saturated carbocycles. The summed E-state index contributed by atoms with van der Waals surface area (Å²) in [6.07, 6.45) is 3.40. The Labute approximate surface area is 150 Å². The smallest absolute Gasteiger partial charge is 0.272 e. The average molecular weight is 360 g/mol. The number of nitrogens with zero attached hydrogens (tertiary/aromatic N) is 4. The topological polar surface area (TPSA) is 74.0 Å². The zero-order valence-electron chi connectivity index (χ0n) is 13.7. The third kappa shape index (κ3) is 4.19. The summed E-state index contributed by atoms with van der Waals surface area (Å²) in [4.78, 5) is 12.2. The summed E-state index contributed by atoms with van der Waals surface area (Å²) < 4.78 is 8.96. The van der Waals surface area contributed by atoms with Gasteiger partial charge in [-0.05, 0) is 31.2 Å². The van der Waals surface area contributed by atoms with E-state index in [2.05, 4.69) is 15.5 Å². The van der Waals surface area contributed by atoms with Crippen LogP contribution in [0.25, 0.3) is 0 Å². The first kappa shape index (κ1) is 17.0. The van der Waals surface area contributed by atoms with Crippen LogP contribution < -0.4 is 10.1 Å². The number of rotatable bonds is 7. The molecule has 1 N–H and O–H groups in total. The van der Waals surface area contributed by atoms with E-state index in [0.717, 1.165) is 12.2 Å². The maximum atomic E-state index is 12.2. The average Bonchev–Trinajstić information content (AvgIpc) is 3.28. The molecular formula is C17H18ClN5O2. The zero-order chi connectivity index (χ0) is 17.6. The molecule has 3 rings (SSSR count).